The molecule has 2 N–H and O–H groups in total. The zero-order valence-corrected chi connectivity index (χ0v) is 17.0. The number of amides is 1. The Morgan fingerprint density at radius 1 is 1.03 bits per heavy atom. The average Bonchev–Trinajstić information content (AvgIpc) is 2.71. The third kappa shape index (κ3) is 5.14. The first-order valence-corrected chi connectivity index (χ1v) is 10.5. The summed E-state index contributed by atoms with van der Waals surface area (Å²) in [5.74, 6) is -1.03. The second-order valence-corrected chi connectivity index (χ2v) is 8.33. The SMILES string of the molecule is N#CCc1ccc(NC(=O)c2ccc(Cl)c(NS(=O)(=O)c3ccc(F)cc3)c2)cc1. The van der Waals surface area contributed by atoms with Gasteiger partial charge in [-0.3, -0.25) is 9.52 Å². The van der Waals surface area contributed by atoms with Crippen LogP contribution < -0.4 is 10.0 Å². The molecule has 0 spiro atoms. The van der Waals surface area contributed by atoms with Crippen LogP contribution >= 0.6 is 11.6 Å². The van der Waals surface area contributed by atoms with Gasteiger partial charge in [0, 0.05) is 11.3 Å². The van der Waals surface area contributed by atoms with E-state index in [1.54, 1.807) is 24.3 Å². The fourth-order valence-electron chi connectivity index (χ4n) is 2.56. The van der Waals surface area contributed by atoms with Crippen molar-refractivity contribution in [2.75, 3.05) is 10.0 Å². The third-order valence-corrected chi connectivity index (χ3v) is 5.80. The molecule has 30 heavy (non-hydrogen) atoms. The minimum atomic E-state index is -4.02. The van der Waals surface area contributed by atoms with Gasteiger partial charge in [-0.15, -0.1) is 0 Å². The van der Waals surface area contributed by atoms with Crippen LogP contribution in [0.3, 0.4) is 0 Å². The lowest BCUT2D eigenvalue weighted by Gasteiger charge is -2.12. The van der Waals surface area contributed by atoms with Crippen molar-refractivity contribution in [3.8, 4) is 6.07 Å². The lowest BCUT2D eigenvalue weighted by Crippen LogP contribution is -2.15. The van der Waals surface area contributed by atoms with Gasteiger partial charge in [0.15, 0.2) is 0 Å². The van der Waals surface area contributed by atoms with Gasteiger partial charge in [0.1, 0.15) is 5.82 Å². The Labute approximate surface area is 178 Å². The highest BCUT2D eigenvalue weighted by Gasteiger charge is 2.17. The number of anilines is 2. The van der Waals surface area contributed by atoms with E-state index in [1.165, 1.54) is 18.2 Å². The fraction of sp³-hybridized carbons (Fsp3) is 0.0476. The summed E-state index contributed by atoms with van der Waals surface area (Å²) >= 11 is 6.08. The fourth-order valence-corrected chi connectivity index (χ4v) is 3.85. The van der Waals surface area contributed by atoms with Gasteiger partial charge in [-0.05, 0) is 60.2 Å². The standard InChI is InChI=1S/C21H15ClFN3O3S/c22-19-10-3-15(21(27)25-17-6-1-14(2-7-17)11-12-24)13-20(19)26-30(28,29)18-8-4-16(23)5-9-18/h1-10,13,26H,11H2,(H,25,27). The zero-order chi connectivity index (χ0) is 21.7. The second-order valence-electron chi connectivity index (χ2n) is 6.24. The van der Waals surface area contributed by atoms with E-state index < -0.39 is 21.7 Å². The Morgan fingerprint density at radius 2 is 1.70 bits per heavy atom. The van der Waals surface area contributed by atoms with Crippen molar-refractivity contribution in [3.05, 3.63) is 88.7 Å². The molecular weight excluding hydrogens is 429 g/mol. The highest BCUT2D eigenvalue weighted by molar-refractivity contribution is 7.92. The van der Waals surface area contributed by atoms with Crippen LogP contribution in [0.2, 0.25) is 5.02 Å². The molecule has 1 amide bonds. The monoisotopic (exact) mass is 443 g/mol. The quantitative estimate of drug-likeness (QED) is 0.581. The highest BCUT2D eigenvalue weighted by Crippen LogP contribution is 2.26. The number of rotatable bonds is 6. The van der Waals surface area contributed by atoms with E-state index in [1.807, 2.05) is 6.07 Å². The Bertz CT molecular complexity index is 1220. The molecule has 0 saturated carbocycles. The van der Waals surface area contributed by atoms with Crippen LogP contribution in [0, 0.1) is 17.1 Å². The van der Waals surface area contributed by atoms with Gasteiger partial charge in [0.2, 0.25) is 0 Å². The minimum absolute atomic E-state index is 0.0120. The van der Waals surface area contributed by atoms with E-state index in [4.69, 9.17) is 16.9 Å². The van der Waals surface area contributed by atoms with E-state index in [-0.39, 0.29) is 27.6 Å². The molecule has 0 unspecified atom stereocenters. The van der Waals surface area contributed by atoms with Crippen LogP contribution in [0.25, 0.3) is 0 Å². The predicted octanol–water partition coefficient (Wildman–Crippen LogP) is 4.60. The molecule has 152 valence electrons. The maximum Gasteiger partial charge on any atom is 0.261 e. The minimum Gasteiger partial charge on any atom is -0.322 e. The maximum atomic E-state index is 13.1. The van der Waals surface area contributed by atoms with Gasteiger partial charge in [0.05, 0.1) is 28.1 Å². The molecule has 0 radical (unpaired) electrons. The van der Waals surface area contributed by atoms with Gasteiger partial charge in [0.25, 0.3) is 15.9 Å². The molecule has 3 rings (SSSR count). The predicted molar refractivity (Wildman–Crippen MR) is 112 cm³/mol. The second kappa shape index (κ2) is 8.95. The topological polar surface area (TPSA) is 99.1 Å². The van der Waals surface area contributed by atoms with Crippen molar-refractivity contribution >= 4 is 38.9 Å². The zero-order valence-electron chi connectivity index (χ0n) is 15.4. The molecule has 6 nitrogen and oxygen atoms in total. The van der Waals surface area contributed by atoms with E-state index in [0.717, 1.165) is 29.8 Å². The number of nitriles is 1. The summed E-state index contributed by atoms with van der Waals surface area (Å²) in [5.41, 5.74) is 1.53. The molecule has 0 heterocycles. The lowest BCUT2D eigenvalue weighted by atomic mass is 10.1. The van der Waals surface area contributed by atoms with Crippen LogP contribution in [-0.4, -0.2) is 14.3 Å². The third-order valence-electron chi connectivity index (χ3n) is 4.09. The summed E-state index contributed by atoms with van der Waals surface area (Å²) in [6, 6.07) is 17.3. The van der Waals surface area contributed by atoms with Crippen LogP contribution in [0.5, 0.6) is 0 Å². The molecule has 0 atom stereocenters. The summed E-state index contributed by atoms with van der Waals surface area (Å²) in [5, 5.41) is 11.5. The van der Waals surface area contributed by atoms with Crippen LogP contribution in [-0.2, 0) is 16.4 Å². The Morgan fingerprint density at radius 3 is 2.33 bits per heavy atom. The van der Waals surface area contributed by atoms with Gasteiger partial charge in [-0.2, -0.15) is 5.26 Å². The number of nitrogens with zero attached hydrogens (tertiary/aromatic N) is 1. The molecule has 0 fully saturated rings. The molecule has 0 aliphatic carbocycles. The molecule has 9 heteroatoms. The number of hydrogen-bond acceptors (Lipinski definition) is 4. The van der Waals surface area contributed by atoms with Crippen molar-refractivity contribution in [1.29, 1.82) is 5.26 Å². The largest absolute Gasteiger partial charge is 0.322 e. The maximum absolute atomic E-state index is 13.1. The normalized spacial score (nSPS) is 10.8. The Hall–Kier alpha value is -3.41. The summed E-state index contributed by atoms with van der Waals surface area (Å²) in [6.07, 6.45) is 0.267. The molecule has 0 aliphatic heterocycles. The molecule has 0 bridgehead atoms. The first-order valence-electron chi connectivity index (χ1n) is 8.64. The Kier molecular flexibility index (Phi) is 6.35. The van der Waals surface area contributed by atoms with Crippen LogP contribution in [0.1, 0.15) is 15.9 Å². The summed E-state index contributed by atoms with van der Waals surface area (Å²) < 4.78 is 40.4. The summed E-state index contributed by atoms with van der Waals surface area (Å²) in [7, 11) is -4.02. The Balaban J connectivity index is 1.79. The number of hydrogen-bond donors (Lipinski definition) is 2. The molecule has 0 aliphatic rings. The number of benzene rings is 3. The molecule has 0 aromatic heterocycles. The van der Waals surface area contributed by atoms with E-state index in [2.05, 4.69) is 10.0 Å². The van der Waals surface area contributed by atoms with Gasteiger partial charge in [-0.25, -0.2) is 12.8 Å². The van der Waals surface area contributed by atoms with Gasteiger partial charge in [-0.1, -0.05) is 23.7 Å². The van der Waals surface area contributed by atoms with Gasteiger partial charge >= 0.3 is 0 Å². The number of carbonyl (C=O) groups is 1. The summed E-state index contributed by atoms with van der Waals surface area (Å²) in [4.78, 5) is 12.4. The smallest absolute Gasteiger partial charge is 0.261 e. The first kappa shape index (κ1) is 21.3. The lowest BCUT2D eigenvalue weighted by molar-refractivity contribution is 0.102. The molecule has 3 aromatic rings. The van der Waals surface area contributed by atoms with E-state index >= 15 is 0 Å². The first-order chi connectivity index (χ1) is 14.3. The van der Waals surface area contributed by atoms with Crippen molar-refractivity contribution < 1.29 is 17.6 Å². The van der Waals surface area contributed by atoms with Crippen molar-refractivity contribution in [1.82, 2.24) is 0 Å². The highest BCUT2D eigenvalue weighted by atomic mass is 35.5. The van der Waals surface area contributed by atoms with Crippen molar-refractivity contribution in [2.45, 2.75) is 11.3 Å². The number of carbonyl (C=O) groups excluding carboxylic acids is 1. The molecule has 3 aromatic carbocycles. The van der Waals surface area contributed by atoms with Crippen molar-refractivity contribution in [3.63, 3.8) is 0 Å². The molecule has 0 saturated heterocycles. The average molecular weight is 444 g/mol. The van der Waals surface area contributed by atoms with Crippen LogP contribution in [0.4, 0.5) is 15.8 Å². The number of halogens is 2. The molecular formula is C21H15ClFN3O3S. The van der Waals surface area contributed by atoms with Crippen LogP contribution in [0.15, 0.2) is 71.6 Å². The van der Waals surface area contributed by atoms with E-state index in [9.17, 15) is 17.6 Å². The number of sulfonamides is 1. The van der Waals surface area contributed by atoms with Gasteiger partial charge < -0.3 is 5.32 Å². The van der Waals surface area contributed by atoms with E-state index in [0.29, 0.717) is 5.69 Å². The summed E-state index contributed by atoms with van der Waals surface area (Å²) in [6.45, 7) is 0. The van der Waals surface area contributed by atoms with Crippen molar-refractivity contribution in [2.24, 2.45) is 0 Å². The number of nitrogens with one attached hydrogen (secondary N) is 2.